The Kier molecular flexibility index (Phi) is 5.50. The van der Waals surface area contributed by atoms with Crippen LogP contribution < -0.4 is 5.32 Å². The Morgan fingerprint density at radius 3 is 2.58 bits per heavy atom. The molecule has 0 unspecified atom stereocenters. The smallest absolute Gasteiger partial charge is 0.101 e. The van der Waals surface area contributed by atoms with Gasteiger partial charge in [0.15, 0.2) is 0 Å². The number of hydrogen-bond donors (Lipinski definition) is 1. The van der Waals surface area contributed by atoms with E-state index in [1.54, 1.807) is 6.07 Å². The minimum Gasteiger partial charge on any atom is -0.384 e. The summed E-state index contributed by atoms with van der Waals surface area (Å²) in [5.41, 5.74) is 1.51. The largest absolute Gasteiger partial charge is 0.384 e. The molecular weight excluding hydrogens is 258 g/mol. The summed E-state index contributed by atoms with van der Waals surface area (Å²) in [4.78, 5) is 2.52. The average Bonchev–Trinajstić information content (AvgIpc) is 2.68. The molecule has 1 aromatic carbocycles. The molecule has 0 bridgehead atoms. The molecule has 1 aliphatic heterocycles. The summed E-state index contributed by atoms with van der Waals surface area (Å²) in [5, 5.41) is 12.7. The summed E-state index contributed by atoms with van der Waals surface area (Å²) >= 11 is 6.01. The SMILES string of the molecule is N#Cc1ccc(NCCN2CCCCCC2)cc1Cl. The van der Waals surface area contributed by atoms with Gasteiger partial charge in [-0.05, 0) is 44.1 Å². The van der Waals surface area contributed by atoms with Crippen LogP contribution >= 0.6 is 11.6 Å². The summed E-state index contributed by atoms with van der Waals surface area (Å²) < 4.78 is 0. The lowest BCUT2D eigenvalue weighted by molar-refractivity contribution is 0.296. The molecule has 3 nitrogen and oxygen atoms in total. The number of hydrogen-bond acceptors (Lipinski definition) is 3. The fourth-order valence-corrected chi connectivity index (χ4v) is 2.66. The van der Waals surface area contributed by atoms with Crippen LogP contribution in [-0.2, 0) is 0 Å². The summed E-state index contributed by atoms with van der Waals surface area (Å²) in [7, 11) is 0. The highest BCUT2D eigenvalue weighted by Gasteiger charge is 2.08. The average molecular weight is 278 g/mol. The second kappa shape index (κ2) is 7.37. The summed E-state index contributed by atoms with van der Waals surface area (Å²) in [6.45, 7) is 4.42. The van der Waals surface area contributed by atoms with Crippen LogP contribution in [0.4, 0.5) is 5.69 Å². The Morgan fingerprint density at radius 2 is 1.95 bits per heavy atom. The van der Waals surface area contributed by atoms with Crippen molar-refractivity contribution in [3.05, 3.63) is 28.8 Å². The molecule has 1 N–H and O–H groups in total. The molecule has 0 aliphatic carbocycles. The monoisotopic (exact) mass is 277 g/mol. The zero-order valence-electron chi connectivity index (χ0n) is 11.2. The van der Waals surface area contributed by atoms with Crippen molar-refractivity contribution in [1.82, 2.24) is 4.90 Å². The predicted octanol–water partition coefficient (Wildman–Crippen LogP) is 3.50. The summed E-state index contributed by atoms with van der Waals surface area (Å²) in [6.07, 6.45) is 5.38. The normalized spacial score (nSPS) is 16.6. The van der Waals surface area contributed by atoms with Crippen molar-refractivity contribution in [2.24, 2.45) is 0 Å². The van der Waals surface area contributed by atoms with Gasteiger partial charge in [0.05, 0.1) is 10.6 Å². The van der Waals surface area contributed by atoms with Crippen LogP contribution in [0.15, 0.2) is 18.2 Å². The molecule has 2 rings (SSSR count). The highest BCUT2D eigenvalue weighted by atomic mass is 35.5. The molecule has 0 aromatic heterocycles. The number of likely N-dealkylation sites (tertiary alicyclic amines) is 1. The van der Waals surface area contributed by atoms with E-state index in [9.17, 15) is 0 Å². The van der Waals surface area contributed by atoms with Gasteiger partial charge in [0.25, 0.3) is 0 Å². The van der Waals surface area contributed by atoms with E-state index in [4.69, 9.17) is 16.9 Å². The van der Waals surface area contributed by atoms with Crippen LogP contribution in [0.2, 0.25) is 5.02 Å². The zero-order chi connectivity index (χ0) is 13.5. The molecule has 0 atom stereocenters. The van der Waals surface area contributed by atoms with E-state index in [0.29, 0.717) is 10.6 Å². The first-order valence-electron chi connectivity index (χ1n) is 6.95. The van der Waals surface area contributed by atoms with Gasteiger partial charge in [0, 0.05) is 18.8 Å². The van der Waals surface area contributed by atoms with Gasteiger partial charge >= 0.3 is 0 Å². The third kappa shape index (κ3) is 4.41. The van der Waals surface area contributed by atoms with E-state index in [1.165, 1.54) is 38.8 Å². The fraction of sp³-hybridized carbons (Fsp3) is 0.533. The van der Waals surface area contributed by atoms with Crippen LogP contribution in [-0.4, -0.2) is 31.1 Å². The molecule has 1 heterocycles. The number of halogens is 1. The van der Waals surface area contributed by atoms with Crippen molar-refractivity contribution in [3.8, 4) is 6.07 Å². The molecule has 4 heteroatoms. The van der Waals surface area contributed by atoms with Gasteiger partial charge in [-0.1, -0.05) is 24.4 Å². The molecule has 102 valence electrons. The maximum absolute atomic E-state index is 8.82. The number of rotatable bonds is 4. The lowest BCUT2D eigenvalue weighted by Crippen LogP contribution is -2.29. The van der Waals surface area contributed by atoms with Gasteiger partial charge < -0.3 is 10.2 Å². The van der Waals surface area contributed by atoms with Crippen molar-refractivity contribution < 1.29 is 0 Å². The third-order valence-electron chi connectivity index (χ3n) is 3.55. The van der Waals surface area contributed by atoms with E-state index in [2.05, 4.69) is 16.3 Å². The minimum absolute atomic E-state index is 0.516. The van der Waals surface area contributed by atoms with Gasteiger partial charge in [0.2, 0.25) is 0 Å². The van der Waals surface area contributed by atoms with E-state index >= 15 is 0 Å². The Balaban J connectivity index is 1.79. The topological polar surface area (TPSA) is 39.1 Å². The van der Waals surface area contributed by atoms with E-state index < -0.39 is 0 Å². The zero-order valence-corrected chi connectivity index (χ0v) is 11.9. The van der Waals surface area contributed by atoms with E-state index in [0.717, 1.165) is 18.8 Å². The first kappa shape index (κ1) is 14.2. The Hall–Kier alpha value is -1.24. The molecule has 0 saturated carbocycles. The van der Waals surface area contributed by atoms with Gasteiger partial charge in [-0.3, -0.25) is 0 Å². The number of nitriles is 1. The van der Waals surface area contributed by atoms with Crippen LogP contribution in [0.25, 0.3) is 0 Å². The second-order valence-corrected chi connectivity index (χ2v) is 5.40. The molecule has 1 aliphatic rings. The van der Waals surface area contributed by atoms with Gasteiger partial charge in [-0.2, -0.15) is 5.26 Å². The molecule has 0 spiro atoms. The lowest BCUT2D eigenvalue weighted by Gasteiger charge is -2.20. The predicted molar refractivity (Wildman–Crippen MR) is 79.6 cm³/mol. The summed E-state index contributed by atoms with van der Waals surface area (Å²) in [5.74, 6) is 0. The Morgan fingerprint density at radius 1 is 1.21 bits per heavy atom. The van der Waals surface area contributed by atoms with Crippen molar-refractivity contribution in [3.63, 3.8) is 0 Å². The third-order valence-corrected chi connectivity index (χ3v) is 3.86. The molecule has 19 heavy (non-hydrogen) atoms. The Bertz CT molecular complexity index is 445. The van der Waals surface area contributed by atoms with Crippen molar-refractivity contribution >= 4 is 17.3 Å². The van der Waals surface area contributed by atoms with Crippen molar-refractivity contribution in [2.75, 3.05) is 31.5 Å². The van der Waals surface area contributed by atoms with Crippen LogP contribution in [0.5, 0.6) is 0 Å². The van der Waals surface area contributed by atoms with Gasteiger partial charge in [-0.15, -0.1) is 0 Å². The van der Waals surface area contributed by atoms with Crippen LogP contribution in [0.3, 0.4) is 0 Å². The fourth-order valence-electron chi connectivity index (χ4n) is 2.43. The lowest BCUT2D eigenvalue weighted by atomic mass is 10.2. The summed E-state index contributed by atoms with van der Waals surface area (Å²) in [6, 6.07) is 7.56. The van der Waals surface area contributed by atoms with Crippen molar-refractivity contribution in [2.45, 2.75) is 25.7 Å². The molecule has 1 saturated heterocycles. The van der Waals surface area contributed by atoms with Crippen LogP contribution in [0, 0.1) is 11.3 Å². The Labute approximate surface area is 120 Å². The molecular formula is C15H20ClN3. The van der Waals surface area contributed by atoms with Crippen molar-refractivity contribution in [1.29, 1.82) is 5.26 Å². The van der Waals surface area contributed by atoms with E-state index in [1.807, 2.05) is 12.1 Å². The quantitative estimate of drug-likeness (QED) is 0.915. The number of nitrogens with one attached hydrogen (secondary N) is 1. The second-order valence-electron chi connectivity index (χ2n) is 4.99. The van der Waals surface area contributed by atoms with E-state index in [-0.39, 0.29) is 0 Å². The molecule has 1 fully saturated rings. The first-order chi connectivity index (χ1) is 9.29. The number of benzene rings is 1. The standard InChI is InChI=1S/C15H20ClN3/c16-15-11-14(6-5-13(15)12-17)18-7-10-19-8-3-1-2-4-9-19/h5-6,11,18H,1-4,7-10H2. The van der Waals surface area contributed by atoms with Crippen LogP contribution in [0.1, 0.15) is 31.2 Å². The number of anilines is 1. The van der Waals surface area contributed by atoms with Gasteiger partial charge in [0.1, 0.15) is 6.07 Å². The maximum Gasteiger partial charge on any atom is 0.101 e. The van der Waals surface area contributed by atoms with Gasteiger partial charge in [-0.25, -0.2) is 0 Å². The first-order valence-corrected chi connectivity index (χ1v) is 7.33. The molecule has 0 amide bonds. The molecule has 0 radical (unpaired) electrons. The maximum atomic E-state index is 8.82. The highest BCUT2D eigenvalue weighted by Crippen LogP contribution is 2.20. The molecule has 1 aromatic rings. The minimum atomic E-state index is 0.516. The number of nitrogens with zero attached hydrogens (tertiary/aromatic N) is 2. The highest BCUT2D eigenvalue weighted by molar-refractivity contribution is 6.32.